The molecular weight excluding hydrogens is 615 g/mol. The Hall–Kier alpha value is -2.76. The highest BCUT2D eigenvalue weighted by molar-refractivity contribution is 14.1. The van der Waals surface area contributed by atoms with E-state index in [1.807, 2.05) is 12.1 Å². The number of amides is 1. The summed E-state index contributed by atoms with van der Waals surface area (Å²) in [7, 11) is 0. The van der Waals surface area contributed by atoms with E-state index in [2.05, 4.69) is 49.0 Å². The third kappa shape index (κ3) is 6.22. The fourth-order valence-electron chi connectivity index (χ4n) is 3.16. The molecule has 0 heterocycles. The van der Waals surface area contributed by atoms with Crippen LogP contribution in [-0.4, -0.2) is 36.4 Å². The van der Waals surface area contributed by atoms with Gasteiger partial charge in [0.2, 0.25) is 0 Å². The minimum Gasteiger partial charge on any atom is -0.480 e. The molecular formula is C25H22BrIN2O5. The fraction of sp³-hybridized carbons (Fsp3) is 0.160. The van der Waals surface area contributed by atoms with Gasteiger partial charge >= 0.3 is 5.97 Å². The quantitative estimate of drug-likeness (QED) is 0.157. The highest BCUT2D eigenvalue weighted by Gasteiger charge is 2.39. The van der Waals surface area contributed by atoms with Crippen LogP contribution in [0.3, 0.4) is 0 Å². The lowest BCUT2D eigenvalue weighted by molar-refractivity contribution is -0.145. The van der Waals surface area contributed by atoms with Gasteiger partial charge in [0.15, 0.2) is 12.2 Å². The Kier molecular flexibility index (Phi) is 9.20. The number of esters is 1. The Labute approximate surface area is 219 Å². The van der Waals surface area contributed by atoms with Crippen molar-refractivity contribution in [3.05, 3.63) is 97.5 Å². The maximum absolute atomic E-state index is 13.1. The van der Waals surface area contributed by atoms with Gasteiger partial charge < -0.3 is 14.6 Å². The van der Waals surface area contributed by atoms with Crippen molar-refractivity contribution >= 4 is 56.6 Å². The zero-order chi connectivity index (χ0) is 24.6. The first-order valence-electron chi connectivity index (χ1n) is 10.3. The molecule has 0 unspecified atom stereocenters. The second-order valence-corrected chi connectivity index (χ2v) is 9.07. The van der Waals surface area contributed by atoms with Gasteiger partial charge in [-0.25, -0.2) is 10.2 Å². The van der Waals surface area contributed by atoms with Gasteiger partial charge in [0.05, 0.1) is 20.9 Å². The molecule has 0 aliphatic heterocycles. The number of hydrazone groups is 1. The second kappa shape index (κ2) is 12.1. The van der Waals surface area contributed by atoms with Crippen LogP contribution in [0, 0.1) is 3.57 Å². The zero-order valence-corrected chi connectivity index (χ0v) is 21.9. The number of hydrogen-bond acceptors (Lipinski definition) is 6. The predicted octanol–water partition coefficient (Wildman–Crippen LogP) is 4.38. The number of benzene rings is 3. The normalized spacial score (nSPS) is 11.3. The molecule has 0 saturated heterocycles. The van der Waals surface area contributed by atoms with E-state index in [1.165, 1.54) is 6.21 Å². The van der Waals surface area contributed by atoms with Crippen molar-refractivity contribution in [1.82, 2.24) is 5.43 Å². The molecule has 0 atom stereocenters. The SMILES string of the molecule is CCOC(=O)COc1c(Br)cc(/C=N/NC(=O)C(O)(c2ccccc2)c2ccccc2)cc1I. The average molecular weight is 637 g/mol. The van der Waals surface area contributed by atoms with Crippen LogP contribution in [0.1, 0.15) is 23.6 Å². The summed E-state index contributed by atoms with van der Waals surface area (Å²) in [4.78, 5) is 24.6. The average Bonchev–Trinajstić information content (AvgIpc) is 2.84. The first-order chi connectivity index (χ1) is 16.4. The van der Waals surface area contributed by atoms with Gasteiger partial charge in [-0.15, -0.1) is 0 Å². The second-order valence-electron chi connectivity index (χ2n) is 7.05. The van der Waals surface area contributed by atoms with Crippen LogP contribution in [0.5, 0.6) is 5.75 Å². The highest BCUT2D eigenvalue weighted by atomic mass is 127. The number of nitrogens with one attached hydrogen (secondary N) is 1. The Balaban J connectivity index is 1.77. The molecule has 3 rings (SSSR count). The number of rotatable bonds is 9. The van der Waals surface area contributed by atoms with E-state index in [4.69, 9.17) is 9.47 Å². The van der Waals surface area contributed by atoms with Crippen molar-refractivity contribution in [2.45, 2.75) is 12.5 Å². The molecule has 7 nitrogen and oxygen atoms in total. The van der Waals surface area contributed by atoms with E-state index in [-0.39, 0.29) is 13.2 Å². The van der Waals surface area contributed by atoms with E-state index in [1.54, 1.807) is 67.6 Å². The standard InChI is InChI=1S/C25H22BrIN2O5/c1-2-33-22(30)16-34-23-20(26)13-17(14-21(23)27)15-28-29-24(31)25(32,18-9-5-3-6-10-18)19-11-7-4-8-12-19/h3-15,32H,2,16H2,1H3,(H,29,31)/b28-15+. The number of aliphatic hydroxyl groups is 1. The summed E-state index contributed by atoms with van der Waals surface area (Å²) in [6, 6.07) is 20.9. The molecule has 0 fully saturated rings. The van der Waals surface area contributed by atoms with Crippen LogP contribution >= 0.6 is 38.5 Å². The van der Waals surface area contributed by atoms with E-state index in [9.17, 15) is 14.7 Å². The van der Waals surface area contributed by atoms with E-state index < -0.39 is 17.5 Å². The Bertz CT molecular complexity index is 1110. The molecule has 34 heavy (non-hydrogen) atoms. The molecule has 2 N–H and O–H groups in total. The molecule has 1 amide bonds. The Morgan fingerprint density at radius 2 is 1.68 bits per heavy atom. The van der Waals surface area contributed by atoms with E-state index in [0.29, 0.717) is 26.9 Å². The van der Waals surface area contributed by atoms with Crippen molar-refractivity contribution in [3.63, 3.8) is 0 Å². The first-order valence-corrected chi connectivity index (χ1v) is 12.2. The summed E-state index contributed by atoms with van der Waals surface area (Å²) in [5, 5.41) is 15.5. The van der Waals surface area contributed by atoms with Gasteiger partial charge in [0.25, 0.3) is 5.91 Å². The summed E-state index contributed by atoms with van der Waals surface area (Å²) in [5.74, 6) is -0.649. The van der Waals surface area contributed by atoms with Crippen LogP contribution in [0.4, 0.5) is 0 Å². The Morgan fingerprint density at radius 3 is 2.21 bits per heavy atom. The number of carbonyl (C=O) groups is 2. The molecule has 3 aromatic rings. The Morgan fingerprint density at radius 1 is 1.09 bits per heavy atom. The fourth-order valence-corrected chi connectivity index (χ4v) is 4.93. The molecule has 0 saturated carbocycles. The summed E-state index contributed by atoms with van der Waals surface area (Å²) in [5.41, 5.74) is 2.05. The highest BCUT2D eigenvalue weighted by Crippen LogP contribution is 2.32. The van der Waals surface area contributed by atoms with Gasteiger partial charge in [-0.1, -0.05) is 60.7 Å². The third-order valence-corrected chi connectivity index (χ3v) is 6.14. The molecule has 0 radical (unpaired) electrons. The van der Waals surface area contributed by atoms with Gasteiger partial charge in [0, 0.05) is 0 Å². The first kappa shape index (κ1) is 25.9. The van der Waals surface area contributed by atoms with Crippen molar-refractivity contribution in [1.29, 1.82) is 0 Å². The van der Waals surface area contributed by atoms with Crippen LogP contribution < -0.4 is 10.2 Å². The maximum atomic E-state index is 13.1. The van der Waals surface area contributed by atoms with Crippen molar-refractivity contribution in [2.24, 2.45) is 5.10 Å². The van der Waals surface area contributed by atoms with Crippen molar-refractivity contribution < 1.29 is 24.2 Å². The third-order valence-electron chi connectivity index (χ3n) is 4.75. The predicted molar refractivity (Wildman–Crippen MR) is 141 cm³/mol. The topological polar surface area (TPSA) is 97.2 Å². The lowest BCUT2D eigenvalue weighted by atomic mass is 9.85. The molecule has 0 bridgehead atoms. The minimum atomic E-state index is -1.92. The number of nitrogens with zero attached hydrogens (tertiary/aromatic N) is 1. The summed E-state index contributed by atoms with van der Waals surface area (Å²) in [6.07, 6.45) is 1.45. The molecule has 3 aromatic carbocycles. The van der Waals surface area contributed by atoms with E-state index in [0.717, 1.165) is 3.57 Å². The zero-order valence-electron chi connectivity index (χ0n) is 18.2. The molecule has 0 aromatic heterocycles. The van der Waals surface area contributed by atoms with Gasteiger partial charge in [-0.2, -0.15) is 5.10 Å². The van der Waals surface area contributed by atoms with Crippen LogP contribution in [-0.2, 0) is 19.9 Å². The van der Waals surface area contributed by atoms with Gasteiger partial charge in [0.1, 0.15) is 5.75 Å². The van der Waals surface area contributed by atoms with Gasteiger partial charge in [-0.3, -0.25) is 4.79 Å². The van der Waals surface area contributed by atoms with E-state index >= 15 is 0 Å². The number of ether oxygens (including phenoxy) is 2. The largest absolute Gasteiger partial charge is 0.480 e. The molecule has 0 aliphatic rings. The number of halogens is 2. The van der Waals surface area contributed by atoms with Crippen LogP contribution in [0.2, 0.25) is 0 Å². The van der Waals surface area contributed by atoms with Crippen molar-refractivity contribution in [2.75, 3.05) is 13.2 Å². The summed E-state index contributed by atoms with van der Waals surface area (Å²) >= 11 is 5.51. The number of carbonyl (C=O) groups excluding carboxylic acids is 2. The number of hydrogen-bond donors (Lipinski definition) is 2. The van der Waals surface area contributed by atoms with Gasteiger partial charge in [-0.05, 0) is 74.3 Å². The summed E-state index contributed by atoms with van der Waals surface area (Å²) in [6.45, 7) is 1.81. The van der Waals surface area contributed by atoms with Crippen LogP contribution in [0.25, 0.3) is 0 Å². The molecule has 176 valence electrons. The minimum absolute atomic E-state index is 0.205. The smallest absolute Gasteiger partial charge is 0.344 e. The summed E-state index contributed by atoms with van der Waals surface area (Å²) < 4.78 is 11.8. The van der Waals surface area contributed by atoms with Crippen LogP contribution in [0.15, 0.2) is 82.4 Å². The molecule has 0 aliphatic carbocycles. The van der Waals surface area contributed by atoms with Crippen molar-refractivity contribution in [3.8, 4) is 5.75 Å². The monoisotopic (exact) mass is 636 g/mol. The molecule has 9 heteroatoms. The lowest BCUT2D eigenvalue weighted by Gasteiger charge is -2.27. The molecule has 0 spiro atoms. The lowest BCUT2D eigenvalue weighted by Crippen LogP contribution is -2.43. The maximum Gasteiger partial charge on any atom is 0.344 e.